The summed E-state index contributed by atoms with van der Waals surface area (Å²) in [5.74, 6) is 7.90. The zero-order valence-electron chi connectivity index (χ0n) is 11.8. The Balaban J connectivity index is 2.59. The second kappa shape index (κ2) is 8.56. The number of aromatic nitrogens is 2. The van der Waals surface area contributed by atoms with E-state index in [1.54, 1.807) is 0 Å². The number of rotatable bonds is 9. The number of hydrazine groups is 1. The summed E-state index contributed by atoms with van der Waals surface area (Å²) in [5, 5.41) is 4.57. The third-order valence-corrected chi connectivity index (χ3v) is 4.27. The molecule has 4 nitrogen and oxygen atoms in total. The van der Waals surface area contributed by atoms with Crippen molar-refractivity contribution in [2.75, 3.05) is 11.5 Å². The van der Waals surface area contributed by atoms with Crippen molar-refractivity contribution in [2.45, 2.75) is 52.6 Å². The van der Waals surface area contributed by atoms with Crippen LogP contribution in [-0.4, -0.2) is 27.3 Å². The van der Waals surface area contributed by atoms with E-state index in [0.29, 0.717) is 6.04 Å². The van der Waals surface area contributed by atoms with Gasteiger partial charge in [0.25, 0.3) is 0 Å². The lowest BCUT2D eigenvalue weighted by molar-refractivity contribution is 0.534. The van der Waals surface area contributed by atoms with Crippen molar-refractivity contribution in [3.8, 4) is 0 Å². The van der Waals surface area contributed by atoms with E-state index in [4.69, 9.17) is 5.84 Å². The maximum absolute atomic E-state index is 5.64. The van der Waals surface area contributed by atoms with Crippen LogP contribution in [0.1, 0.15) is 38.6 Å². The summed E-state index contributed by atoms with van der Waals surface area (Å²) in [6, 6.07) is 2.53. The van der Waals surface area contributed by atoms with Crippen LogP contribution in [0.2, 0.25) is 0 Å². The van der Waals surface area contributed by atoms with Gasteiger partial charge in [-0.2, -0.15) is 16.9 Å². The molecular weight excluding hydrogens is 244 g/mol. The van der Waals surface area contributed by atoms with Crippen LogP contribution in [0.3, 0.4) is 0 Å². The van der Waals surface area contributed by atoms with E-state index in [-0.39, 0.29) is 0 Å². The molecule has 0 amide bonds. The smallest absolute Gasteiger partial charge is 0.0624 e. The van der Waals surface area contributed by atoms with Crippen LogP contribution in [0.4, 0.5) is 0 Å². The molecule has 0 aliphatic carbocycles. The van der Waals surface area contributed by atoms with Crippen LogP contribution in [-0.2, 0) is 19.4 Å². The van der Waals surface area contributed by atoms with Crippen molar-refractivity contribution in [3.05, 3.63) is 17.5 Å². The van der Waals surface area contributed by atoms with Gasteiger partial charge in [-0.25, -0.2) is 0 Å². The lowest BCUT2D eigenvalue weighted by atomic mass is 10.1. The zero-order chi connectivity index (χ0) is 13.4. The zero-order valence-corrected chi connectivity index (χ0v) is 12.6. The largest absolute Gasteiger partial charge is 0.271 e. The molecule has 0 fully saturated rings. The van der Waals surface area contributed by atoms with Crippen LogP contribution >= 0.6 is 11.8 Å². The van der Waals surface area contributed by atoms with E-state index in [0.717, 1.165) is 25.1 Å². The molecule has 5 heteroatoms. The molecule has 18 heavy (non-hydrogen) atoms. The number of hydrogen-bond acceptors (Lipinski definition) is 4. The molecule has 0 bridgehead atoms. The number of nitrogens with zero attached hydrogens (tertiary/aromatic N) is 2. The Morgan fingerprint density at radius 3 is 2.78 bits per heavy atom. The summed E-state index contributed by atoms with van der Waals surface area (Å²) in [5.41, 5.74) is 5.38. The Labute approximate surface area is 115 Å². The van der Waals surface area contributed by atoms with E-state index in [2.05, 4.69) is 42.0 Å². The van der Waals surface area contributed by atoms with Gasteiger partial charge < -0.3 is 0 Å². The molecule has 1 heterocycles. The molecule has 0 spiro atoms. The van der Waals surface area contributed by atoms with Crippen LogP contribution < -0.4 is 11.3 Å². The first-order valence-corrected chi connectivity index (χ1v) is 8.00. The van der Waals surface area contributed by atoms with Crippen LogP contribution in [0, 0.1) is 0 Å². The topological polar surface area (TPSA) is 55.9 Å². The maximum atomic E-state index is 5.64. The van der Waals surface area contributed by atoms with Gasteiger partial charge in [-0.3, -0.25) is 16.0 Å². The summed E-state index contributed by atoms with van der Waals surface area (Å²) in [6.07, 6.45) is 3.16. The lowest BCUT2D eigenvalue weighted by Gasteiger charge is -2.15. The molecule has 0 saturated carbocycles. The van der Waals surface area contributed by atoms with E-state index in [1.807, 2.05) is 11.8 Å². The van der Waals surface area contributed by atoms with Gasteiger partial charge >= 0.3 is 0 Å². The predicted molar refractivity (Wildman–Crippen MR) is 79.7 cm³/mol. The second-order valence-electron chi connectivity index (χ2n) is 4.44. The number of nitrogens with two attached hydrogens (primary N) is 1. The summed E-state index contributed by atoms with van der Waals surface area (Å²) in [7, 11) is 0. The fraction of sp³-hybridized carbons (Fsp3) is 0.769. The van der Waals surface area contributed by atoms with Crippen molar-refractivity contribution >= 4 is 11.8 Å². The summed E-state index contributed by atoms with van der Waals surface area (Å²) in [6.45, 7) is 7.40. The molecule has 1 atom stereocenters. The molecular formula is C13H26N4S. The third kappa shape index (κ3) is 4.63. The van der Waals surface area contributed by atoms with Gasteiger partial charge in [-0.1, -0.05) is 13.8 Å². The quantitative estimate of drug-likeness (QED) is 0.409. The third-order valence-electron chi connectivity index (χ3n) is 2.93. The van der Waals surface area contributed by atoms with Gasteiger partial charge in [0, 0.05) is 30.5 Å². The minimum Gasteiger partial charge on any atom is -0.271 e. The van der Waals surface area contributed by atoms with Crippen LogP contribution in [0.15, 0.2) is 6.07 Å². The first kappa shape index (κ1) is 15.5. The minimum atomic E-state index is 0.327. The van der Waals surface area contributed by atoms with Crippen molar-refractivity contribution in [2.24, 2.45) is 5.84 Å². The maximum Gasteiger partial charge on any atom is 0.0624 e. The number of aryl methyl sites for hydroxylation is 2. The van der Waals surface area contributed by atoms with Crippen molar-refractivity contribution < 1.29 is 0 Å². The minimum absolute atomic E-state index is 0.327. The van der Waals surface area contributed by atoms with Gasteiger partial charge in [0.15, 0.2) is 0 Å². The highest BCUT2D eigenvalue weighted by molar-refractivity contribution is 7.99. The molecule has 1 rings (SSSR count). The number of thioether (sulfide) groups is 1. The van der Waals surface area contributed by atoms with Crippen molar-refractivity contribution in [1.29, 1.82) is 0 Å². The standard InChI is InChI=1S/C13H26N4S/c1-4-7-18-10-12(15-14)9-13-8-11(5-2)16-17(13)6-3/h8,12,15H,4-7,9-10,14H2,1-3H3. The Morgan fingerprint density at radius 1 is 1.44 bits per heavy atom. The van der Waals surface area contributed by atoms with Gasteiger partial charge in [-0.15, -0.1) is 0 Å². The highest BCUT2D eigenvalue weighted by Crippen LogP contribution is 2.12. The van der Waals surface area contributed by atoms with E-state index in [9.17, 15) is 0 Å². The van der Waals surface area contributed by atoms with Gasteiger partial charge in [0.05, 0.1) is 5.69 Å². The van der Waals surface area contributed by atoms with Gasteiger partial charge in [0.2, 0.25) is 0 Å². The fourth-order valence-corrected chi connectivity index (χ4v) is 2.87. The molecule has 1 aromatic rings. The highest BCUT2D eigenvalue weighted by atomic mass is 32.2. The fourth-order valence-electron chi connectivity index (χ4n) is 1.91. The first-order chi connectivity index (χ1) is 8.74. The molecule has 0 aromatic carbocycles. The van der Waals surface area contributed by atoms with E-state index >= 15 is 0 Å². The second-order valence-corrected chi connectivity index (χ2v) is 5.59. The van der Waals surface area contributed by atoms with Crippen LogP contribution in [0.5, 0.6) is 0 Å². The average Bonchev–Trinajstić information content (AvgIpc) is 2.80. The summed E-state index contributed by atoms with van der Waals surface area (Å²) >= 11 is 1.96. The monoisotopic (exact) mass is 270 g/mol. The van der Waals surface area contributed by atoms with Gasteiger partial charge in [0.1, 0.15) is 0 Å². The Morgan fingerprint density at radius 2 is 2.22 bits per heavy atom. The molecule has 1 aromatic heterocycles. The number of hydrogen-bond donors (Lipinski definition) is 2. The van der Waals surface area contributed by atoms with E-state index in [1.165, 1.54) is 23.6 Å². The Kier molecular flexibility index (Phi) is 7.39. The molecule has 0 saturated heterocycles. The SMILES string of the molecule is CCCSCC(Cc1cc(CC)nn1CC)NN. The first-order valence-electron chi connectivity index (χ1n) is 6.84. The molecule has 0 radical (unpaired) electrons. The van der Waals surface area contributed by atoms with Crippen LogP contribution in [0.25, 0.3) is 0 Å². The normalized spacial score (nSPS) is 12.9. The molecule has 0 aliphatic rings. The average molecular weight is 270 g/mol. The lowest BCUT2D eigenvalue weighted by Crippen LogP contribution is -2.39. The molecule has 3 N–H and O–H groups in total. The molecule has 0 aliphatic heterocycles. The molecule has 104 valence electrons. The van der Waals surface area contributed by atoms with E-state index < -0.39 is 0 Å². The van der Waals surface area contributed by atoms with Crippen molar-refractivity contribution in [3.63, 3.8) is 0 Å². The Bertz CT molecular complexity index is 338. The molecule has 1 unspecified atom stereocenters. The predicted octanol–water partition coefficient (Wildman–Crippen LogP) is 1.98. The Hall–Kier alpha value is -0.520. The van der Waals surface area contributed by atoms with Crippen molar-refractivity contribution in [1.82, 2.24) is 15.2 Å². The highest BCUT2D eigenvalue weighted by Gasteiger charge is 2.12. The summed E-state index contributed by atoms with van der Waals surface area (Å²) in [4.78, 5) is 0. The number of nitrogens with one attached hydrogen (secondary N) is 1. The van der Waals surface area contributed by atoms with Gasteiger partial charge in [-0.05, 0) is 31.6 Å². The summed E-state index contributed by atoms with van der Waals surface area (Å²) < 4.78 is 2.09.